The summed E-state index contributed by atoms with van der Waals surface area (Å²) in [6.07, 6.45) is 1.46. The van der Waals surface area contributed by atoms with Crippen LogP contribution in [0.3, 0.4) is 0 Å². The second-order valence-electron chi connectivity index (χ2n) is 7.52. The fraction of sp³-hybridized carbons (Fsp3) is 0.0800. The monoisotopic (exact) mass is 656 g/mol. The standard InChI is InChI=1S/C25H16Cl2FIN2O4S/c26-17-9-15(10-18(27)23(17)35-13-14-5-7-16(29)8-6-14)11-21-24(33)31(25(34)36-21)12-22(32)30-20-4-2-1-3-19(20)28/h1-11H,12-13H2,(H,30,32)/b21-11-. The van der Waals surface area contributed by atoms with Crippen LogP contribution in [0.25, 0.3) is 6.08 Å². The Morgan fingerprint density at radius 2 is 1.75 bits per heavy atom. The number of amides is 3. The maximum Gasteiger partial charge on any atom is 0.294 e. The highest BCUT2D eigenvalue weighted by molar-refractivity contribution is 14.1. The summed E-state index contributed by atoms with van der Waals surface area (Å²) in [6, 6.07) is 16.5. The lowest BCUT2D eigenvalue weighted by atomic mass is 10.2. The number of anilines is 1. The van der Waals surface area contributed by atoms with Crippen LogP contribution in [-0.2, 0) is 16.2 Å². The predicted molar refractivity (Wildman–Crippen MR) is 148 cm³/mol. The number of hydrogen-bond donors (Lipinski definition) is 1. The molecule has 1 saturated heterocycles. The van der Waals surface area contributed by atoms with Crippen LogP contribution in [-0.4, -0.2) is 28.5 Å². The van der Waals surface area contributed by atoms with E-state index in [4.69, 9.17) is 27.9 Å². The molecule has 36 heavy (non-hydrogen) atoms. The molecule has 0 saturated carbocycles. The fourth-order valence-electron chi connectivity index (χ4n) is 3.22. The SMILES string of the molecule is O=C(CN1C(=O)S/C(=C\c2cc(Cl)c(OCc3ccc(I)cc3)c(Cl)c2)C1=O)Nc1ccccc1F. The highest BCUT2D eigenvalue weighted by Crippen LogP contribution is 2.37. The maximum absolute atomic E-state index is 13.8. The van der Waals surface area contributed by atoms with Gasteiger partial charge in [0.25, 0.3) is 11.1 Å². The number of thioether (sulfide) groups is 1. The predicted octanol–water partition coefficient (Wildman–Crippen LogP) is 6.99. The summed E-state index contributed by atoms with van der Waals surface area (Å²) in [6.45, 7) is -0.285. The van der Waals surface area contributed by atoms with Crippen molar-refractivity contribution >= 4 is 86.4 Å². The quantitative estimate of drug-likeness (QED) is 0.219. The van der Waals surface area contributed by atoms with Crippen LogP contribution < -0.4 is 10.1 Å². The van der Waals surface area contributed by atoms with Crippen LogP contribution in [0.2, 0.25) is 10.0 Å². The van der Waals surface area contributed by atoms with Gasteiger partial charge in [-0.25, -0.2) is 4.39 Å². The van der Waals surface area contributed by atoms with Gasteiger partial charge in [0.2, 0.25) is 5.91 Å². The van der Waals surface area contributed by atoms with Gasteiger partial charge in [-0.05, 0) is 88.0 Å². The summed E-state index contributed by atoms with van der Waals surface area (Å²) in [7, 11) is 0. The van der Waals surface area contributed by atoms with Crippen molar-refractivity contribution in [3.8, 4) is 5.75 Å². The third-order valence-electron chi connectivity index (χ3n) is 4.94. The van der Waals surface area contributed by atoms with Gasteiger partial charge >= 0.3 is 0 Å². The molecule has 1 heterocycles. The van der Waals surface area contributed by atoms with Crippen LogP contribution in [0.15, 0.2) is 65.6 Å². The molecule has 0 atom stereocenters. The minimum absolute atomic E-state index is 0.0429. The van der Waals surface area contributed by atoms with Crippen LogP contribution >= 0.6 is 57.6 Å². The number of rotatable bonds is 7. The molecule has 0 unspecified atom stereocenters. The number of ether oxygens (including phenoxy) is 1. The number of nitrogens with one attached hydrogen (secondary N) is 1. The van der Waals surface area contributed by atoms with Gasteiger partial charge < -0.3 is 10.1 Å². The zero-order chi connectivity index (χ0) is 25.8. The lowest BCUT2D eigenvalue weighted by molar-refractivity contribution is -0.127. The van der Waals surface area contributed by atoms with E-state index in [9.17, 15) is 18.8 Å². The molecule has 0 spiro atoms. The van der Waals surface area contributed by atoms with E-state index in [2.05, 4.69) is 27.9 Å². The van der Waals surface area contributed by atoms with Crippen LogP contribution in [0, 0.1) is 9.39 Å². The zero-order valence-electron chi connectivity index (χ0n) is 18.3. The Morgan fingerprint density at radius 1 is 1.08 bits per heavy atom. The topological polar surface area (TPSA) is 75.7 Å². The molecule has 3 amide bonds. The Morgan fingerprint density at radius 3 is 2.42 bits per heavy atom. The van der Waals surface area contributed by atoms with Crippen LogP contribution in [0.4, 0.5) is 14.9 Å². The smallest absolute Gasteiger partial charge is 0.294 e. The molecular formula is C25H16Cl2FIN2O4S. The van der Waals surface area contributed by atoms with Crippen molar-refractivity contribution in [1.29, 1.82) is 0 Å². The molecule has 3 aromatic carbocycles. The highest BCUT2D eigenvalue weighted by atomic mass is 127. The van der Waals surface area contributed by atoms with E-state index in [0.717, 1.165) is 14.0 Å². The molecule has 1 N–H and O–H groups in total. The molecule has 1 aliphatic rings. The molecule has 184 valence electrons. The van der Waals surface area contributed by atoms with E-state index in [-0.39, 0.29) is 27.2 Å². The largest absolute Gasteiger partial charge is 0.486 e. The fourth-order valence-corrected chi connectivity index (χ4v) is 5.03. The lowest BCUT2D eigenvalue weighted by Gasteiger charge is -2.13. The maximum atomic E-state index is 13.8. The van der Waals surface area contributed by atoms with E-state index in [0.29, 0.717) is 23.1 Å². The third-order valence-corrected chi connectivity index (χ3v) is 7.13. The Bertz CT molecular complexity index is 1360. The summed E-state index contributed by atoms with van der Waals surface area (Å²) in [4.78, 5) is 38.3. The van der Waals surface area contributed by atoms with E-state index in [1.165, 1.54) is 24.3 Å². The minimum atomic E-state index is -0.704. The highest BCUT2D eigenvalue weighted by Gasteiger charge is 2.36. The molecule has 0 bridgehead atoms. The number of carbonyl (C=O) groups excluding carboxylic acids is 3. The zero-order valence-corrected chi connectivity index (χ0v) is 22.8. The minimum Gasteiger partial charge on any atom is -0.486 e. The molecule has 6 nitrogen and oxygen atoms in total. The van der Waals surface area contributed by atoms with Gasteiger partial charge in [0.15, 0.2) is 5.75 Å². The van der Waals surface area contributed by atoms with Gasteiger partial charge in [0, 0.05) is 3.57 Å². The van der Waals surface area contributed by atoms with E-state index in [1.807, 2.05) is 24.3 Å². The number of nitrogens with zero attached hydrogens (tertiary/aromatic N) is 1. The summed E-state index contributed by atoms with van der Waals surface area (Å²) in [5.74, 6) is -1.68. The Kier molecular flexibility index (Phi) is 8.55. The first kappa shape index (κ1) is 26.5. The van der Waals surface area contributed by atoms with Crippen molar-refractivity contribution in [2.24, 2.45) is 0 Å². The summed E-state index contributed by atoms with van der Waals surface area (Å²) in [5, 5.41) is 2.21. The molecule has 11 heteroatoms. The van der Waals surface area contributed by atoms with Crippen molar-refractivity contribution in [3.05, 3.63) is 96.1 Å². The van der Waals surface area contributed by atoms with Crippen molar-refractivity contribution in [3.63, 3.8) is 0 Å². The van der Waals surface area contributed by atoms with Gasteiger partial charge in [-0.15, -0.1) is 0 Å². The molecular weight excluding hydrogens is 641 g/mol. The molecule has 4 rings (SSSR count). The second-order valence-corrected chi connectivity index (χ2v) is 10.6. The second kappa shape index (κ2) is 11.6. The van der Waals surface area contributed by atoms with E-state index in [1.54, 1.807) is 18.2 Å². The van der Waals surface area contributed by atoms with Crippen LogP contribution in [0.5, 0.6) is 5.75 Å². The summed E-state index contributed by atoms with van der Waals surface area (Å²) in [5.41, 5.74) is 1.38. The molecule has 1 fully saturated rings. The normalized spacial score (nSPS) is 14.4. The molecule has 3 aromatic rings. The Balaban J connectivity index is 1.44. The first-order chi connectivity index (χ1) is 17.2. The number of carbonyl (C=O) groups is 3. The summed E-state index contributed by atoms with van der Waals surface area (Å²) >= 11 is 15.6. The van der Waals surface area contributed by atoms with Crippen LogP contribution in [0.1, 0.15) is 11.1 Å². The van der Waals surface area contributed by atoms with Gasteiger partial charge in [0.1, 0.15) is 19.0 Å². The van der Waals surface area contributed by atoms with Gasteiger partial charge in [-0.2, -0.15) is 0 Å². The number of para-hydroxylation sites is 1. The first-order valence-corrected chi connectivity index (χ1v) is 13.0. The third kappa shape index (κ3) is 6.39. The van der Waals surface area contributed by atoms with Gasteiger partial charge in [0.05, 0.1) is 20.6 Å². The van der Waals surface area contributed by atoms with Crippen molar-refractivity contribution < 1.29 is 23.5 Å². The average molecular weight is 657 g/mol. The number of imide groups is 1. The first-order valence-electron chi connectivity index (χ1n) is 10.4. The molecule has 1 aliphatic heterocycles. The molecule has 0 aliphatic carbocycles. The van der Waals surface area contributed by atoms with E-state index >= 15 is 0 Å². The Hall–Kier alpha value is -2.60. The van der Waals surface area contributed by atoms with E-state index < -0.39 is 29.4 Å². The van der Waals surface area contributed by atoms with Crippen molar-refractivity contribution in [2.75, 3.05) is 11.9 Å². The van der Waals surface area contributed by atoms with Gasteiger partial charge in [-0.1, -0.05) is 47.5 Å². The molecule has 0 radical (unpaired) electrons. The average Bonchev–Trinajstić information content (AvgIpc) is 3.08. The molecule has 0 aromatic heterocycles. The number of benzene rings is 3. The van der Waals surface area contributed by atoms with Gasteiger partial charge in [-0.3, -0.25) is 19.3 Å². The number of hydrogen-bond acceptors (Lipinski definition) is 5. The Labute approximate surface area is 233 Å². The number of halogens is 4. The summed E-state index contributed by atoms with van der Waals surface area (Å²) < 4.78 is 20.6. The van der Waals surface area contributed by atoms with Crippen molar-refractivity contribution in [2.45, 2.75) is 6.61 Å². The lowest BCUT2D eigenvalue weighted by Crippen LogP contribution is -2.36. The van der Waals surface area contributed by atoms with Crippen molar-refractivity contribution in [1.82, 2.24) is 4.90 Å².